The first kappa shape index (κ1) is 18.9. The van der Waals surface area contributed by atoms with E-state index in [0.717, 1.165) is 29.8 Å². The summed E-state index contributed by atoms with van der Waals surface area (Å²) >= 11 is 0. The van der Waals surface area contributed by atoms with Crippen LogP contribution in [0.4, 0.5) is 0 Å². The number of rotatable bonds is 4. The van der Waals surface area contributed by atoms with Crippen molar-refractivity contribution >= 4 is 5.91 Å². The number of aromatic nitrogens is 2. The van der Waals surface area contributed by atoms with Crippen LogP contribution in [-0.4, -0.2) is 15.7 Å². The minimum absolute atomic E-state index is 0.0494. The first-order chi connectivity index (χ1) is 12.3. The van der Waals surface area contributed by atoms with E-state index < -0.39 is 0 Å². The standard InChI is InChI=1S/C23H32N2O/c1-14(2)17(6)23(26)25-22(18-10-8-7-9-11-18)20-16(5)12-13-19(15(3)4)21(20)24-25/h7-11,14-17,19H,12-13H2,1-6H3/t16-,17-,19+/m1/s1. The van der Waals surface area contributed by atoms with Crippen LogP contribution in [-0.2, 0) is 0 Å². The van der Waals surface area contributed by atoms with Gasteiger partial charge >= 0.3 is 0 Å². The minimum atomic E-state index is -0.0494. The summed E-state index contributed by atoms with van der Waals surface area (Å²) in [6, 6.07) is 10.3. The highest BCUT2D eigenvalue weighted by Crippen LogP contribution is 2.46. The SMILES string of the molecule is CC(C)[C@@H]1CC[C@@H](C)c2c1nn(C(=O)[C@H](C)C(C)C)c2-c1ccccc1. The molecule has 0 saturated carbocycles. The summed E-state index contributed by atoms with van der Waals surface area (Å²) in [5, 5.41) is 4.95. The fourth-order valence-corrected chi connectivity index (χ4v) is 4.08. The van der Waals surface area contributed by atoms with Crippen molar-refractivity contribution < 1.29 is 4.79 Å². The van der Waals surface area contributed by atoms with Gasteiger partial charge in [-0.1, -0.05) is 71.9 Å². The maximum atomic E-state index is 13.3. The molecular formula is C23H32N2O. The molecular weight excluding hydrogens is 320 g/mol. The third-order valence-corrected chi connectivity index (χ3v) is 6.16. The molecule has 0 bridgehead atoms. The Bertz CT molecular complexity index is 773. The average molecular weight is 353 g/mol. The van der Waals surface area contributed by atoms with Gasteiger partial charge < -0.3 is 0 Å². The van der Waals surface area contributed by atoms with E-state index in [4.69, 9.17) is 5.10 Å². The van der Waals surface area contributed by atoms with Gasteiger partial charge in [0.25, 0.3) is 5.91 Å². The molecule has 0 fully saturated rings. The van der Waals surface area contributed by atoms with Gasteiger partial charge in [-0.05, 0) is 30.6 Å². The van der Waals surface area contributed by atoms with Gasteiger partial charge in [0, 0.05) is 23.0 Å². The van der Waals surface area contributed by atoms with Gasteiger partial charge in [-0.25, -0.2) is 0 Å². The highest BCUT2D eigenvalue weighted by atomic mass is 16.2. The molecule has 0 aliphatic heterocycles. The number of carbonyl (C=O) groups is 1. The summed E-state index contributed by atoms with van der Waals surface area (Å²) in [5.74, 6) is 1.77. The minimum Gasteiger partial charge on any atom is -0.272 e. The summed E-state index contributed by atoms with van der Waals surface area (Å²) in [6.07, 6.45) is 2.32. The molecule has 3 heteroatoms. The topological polar surface area (TPSA) is 34.9 Å². The molecule has 1 aromatic heterocycles. The zero-order valence-electron chi connectivity index (χ0n) is 17.0. The lowest BCUT2D eigenvalue weighted by atomic mass is 9.75. The summed E-state index contributed by atoms with van der Waals surface area (Å²) in [4.78, 5) is 13.3. The average Bonchev–Trinajstić information content (AvgIpc) is 3.02. The lowest BCUT2D eigenvalue weighted by molar-refractivity contribution is 0.0796. The van der Waals surface area contributed by atoms with Crippen molar-refractivity contribution in [2.24, 2.45) is 17.8 Å². The molecule has 1 aliphatic rings. The van der Waals surface area contributed by atoms with Crippen LogP contribution < -0.4 is 0 Å². The predicted octanol–water partition coefficient (Wildman–Crippen LogP) is 6.12. The molecule has 2 aromatic rings. The van der Waals surface area contributed by atoms with E-state index in [1.807, 2.05) is 25.1 Å². The second kappa shape index (κ2) is 7.38. The lowest BCUT2D eigenvalue weighted by Crippen LogP contribution is -2.25. The van der Waals surface area contributed by atoms with Gasteiger partial charge in [0.1, 0.15) is 0 Å². The van der Waals surface area contributed by atoms with E-state index in [-0.39, 0.29) is 11.8 Å². The van der Waals surface area contributed by atoms with E-state index in [0.29, 0.717) is 23.7 Å². The Morgan fingerprint density at radius 1 is 1.08 bits per heavy atom. The molecule has 1 aromatic carbocycles. The molecule has 3 nitrogen and oxygen atoms in total. The zero-order chi connectivity index (χ0) is 19.0. The summed E-state index contributed by atoms with van der Waals surface area (Å²) in [6.45, 7) is 13.0. The summed E-state index contributed by atoms with van der Waals surface area (Å²) in [5.41, 5.74) is 4.57. The van der Waals surface area contributed by atoms with Crippen LogP contribution in [0.5, 0.6) is 0 Å². The third-order valence-electron chi connectivity index (χ3n) is 6.16. The van der Waals surface area contributed by atoms with Crippen molar-refractivity contribution in [3.63, 3.8) is 0 Å². The normalized spacial score (nSPS) is 21.1. The van der Waals surface area contributed by atoms with E-state index in [1.165, 1.54) is 5.56 Å². The third kappa shape index (κ3) is 3.24. The van der Waals surface area contributed by atoms with Crippen LogP contribution in [0.3, 0.4) is 0 Å². The van der Waals surface area contributed by atoms with Gasteiger partial charge in [-0.2, -0.15) is 9.78 Å². The van der Waals surface area contributed by atoms with Crippen molar-refractivity contribution in [2.75, 3.05) is 0 Å². The number of hydrogen-bond donors (Lipinski definition) is 0. The quantitative estimate of drug-likeness (QED) is 0.664. The molecule has 0 unspecified atom stereocenters. The molecule has 0 amide bonds. The molecule has 0 radical (unpaired) electrons. The molecule has 1 aliphatic carbocycles. The lowest BCUT2D eigenvalue weighted by Gasteiger charge is -2.28. The maximum absolute atomic E-state index is 13.3. The smallest absolute Gasteiger partial charge is 0.250 e. The van der Waals surface area contributed by atoms with Crippen molar-refractivity contribution in [3.05, 3.63) is 41.6 Å². The molecule has 0 saturated heterocycles. The van der Waals surface area contributed by atoms with Crippen molar-refractivity contribution in [1.82, 2.24) is 9.78 Å². The van der Waals surface area contributed by atoms with Crippen LogP contribution in [0.15, 0.2) is 30.3 Å². The predicted molar refractivity (Wildman–Crippen MR) is 108 cm³/mol. The zero-order valence-corrected chi connectivity index (χ0v) is 17.0. The van der Waals surface area contributed by atoms with Crippen molar-refractivity contribution in [3.8, 4) is 11.3 Å². The Labute approximate surface area is 157 Å². The number of benzene rings is 1. The van der Waals surface area contributed by atoms with Crippen LogP contribution in [0.25, 0.3) is 11.3 Å². The van der Waals surface area contributed by atoms with Crippen molar-refractivity contribution in [1.29, 1.82) is 0 Å². The molecule has 26 heavy (non-hydrogen) atoms. The number of fused-ring (bicyclic) bond motifs is 1. The Morgan fingerprint density at radius 2 is 1.73 bits per heavy atom. The van der Waals surface area contributed by atoms with Gasteiger partial charge in [-0.15, -0.1) is 0 Å². The number of nitrogens with zero attached hydrogens (tertiary/aromatic N) is 2. The summed E-state index contributed by atoms with van der Waals surface area (Å²) in [7, 11) is 0. The second-order valence-electron chi connectivity index (χ2n) is 8.63. The van der Waals surface area contributed by atoms with Gasteiger partial charge in [0.2, 0.25) is 0 Å². The van der Waals surface area contributed by atoms with E-state index >= 15 is 0 Å². The molecule has 3 atom stereocenters. The summed E-state index contributed by atoms with van der Waals surface area (Å²) < 4.78 is 1.74. The Balaban J connectivity index is 2.24. The monoisotopic (exact) mass is 352 g/mol. The first-order valence-corrected chi connectivity index (χ1v) is 10.0. The van der Waals surface area contributed by atoms with Crippen LogP contribution in [0.1, 0.15) is 82.3 Å². The molecule has 140 valence electrons. The Kier molecular flexibility index (Phi) is 5.36. The molecule has 1 heterocycles. The number of carbonyl (C=O) groups excluding carboxylic acids is 1. The first-order valence-electron chi connectivity index (χ1n) is 10.0. The van der Waals surface area contributed by atoms with Crippen LogP contribution in [0, 0.1) is 17.8 Å². The second-order valence-corrected chi connectivity index (χ2v) is 8.63. The molecule has 3 rings (SSSR count). The maximum Gasteiger partial charge on any atom is 0.250 e. The Morgan fingerprint density at radius 3 is 2.31 bits per heavy atom. The van der Waals surface area contributed by atoms with Crippen LogP contribution in [0.2, 0.25) is 0 Å². The van der Waals surface area contributed by atoms with Gasteiger partial charge in [0.05, 0.1) is 11.4 Å². The van der Waals surface area contributed by atoms with Gasteiger partial charge in [0.15, 0.2) is 0 Å². The van der Waals surface area contributed by atoms with E-state index in [2.05, 4.69) is 46.8 Å². The van der Waals surface area contributed by atoms with Gasteiger partial charge in [-0.3, -0.25) is 4.79 Å². The highest BCUT2D eigenvalue weighted by molar-refractivity contribution is 5.86. The highest BCUT2D eigenvalue weighted by Gasteiger charge is 2.36. The fraction of sp³-hybridized carbons (Fsp3) is 0.565. The largest absolute Gasteiger partial charge is 0.272 e. The molecule has 0 N–H and O–H groups in total. The van der Waals surface area contributed by atoms with Crippen LogP contribution >= 0.6 is 0 Å². The van der Waals surface area contributed by atoms with E-state index in [1.54, 1.807) is 4.68 Å². The Hall–Kier alpha value is -1.90. The fourth-order valence-electron chi connectivity index (χ4n) is 4.08. The number of hydrogen-bond acceptors (Lipinski definition) is 2. The van der Waals surface area contributed by atoms with Crippen molar-refractivity contribution in [2.45, 2.75) is 66.2 Å². The molecule has 0 spiro atoms. The van der Waals surface area contributed by atoms with E-state index in [9.17, 15) is 4.79 Å².